The molecular weight excluding hydrogens is 476 g/mol. The fourth-order valence-corrected chi connectivity index (χ4v) is 6.03. The highest BCUT2D eigenvalue weighted by molar-refractivity contribution is 6.03. The van der Waals surface area contributed by atoms with Gasteiger partial charge in [0.25, 0.3) is 5.56 Å². The van der Waals surface area contributed by atoms with Gasteiger partial charge in [0.2, 0.25) is 0 Å². The predicted octanol–water partition coefficient (Wildman–Crippen LogP) is 1.60. The SMILES string of the molecule is CC[C@@]1(O)C(=O)OCc2c1cc1n(c2=O)Cc2c-1nc1ccc3c(c1c2N1CCN(C)CC1)OCCO3. The van der Waals surface area contributed by atoms with E-state index in [0.29, 0.717) is 53.8 Å². The van der Waals surface area contributed by atoms with Crippen LogP contribution in [0.1, 0.15) is 30.0 Å². The number of nitrogens with zero attached hydrogens (tertiary/aromatic N) is 4. The van der Waals surface area contributed by atoms with E-state index in [0.717, 1.165) is 48.3 Å². The lowest BCUT2D eigenvalue weighted by Crippen LogP contribution is -2.45. The molecule has 3 aromatic rings. The fourth-order valence-electron chi connectivity index (χ4n) is 6.03. The number of fused-ring (bicyclic) bond motifs is 7. The molecule has 4 aliphatic heterocycles. The maximum atomic E-state index is 13.7. The molecule has 0 amide bonds. The molecule has 0 spiro atoms. The number of hydrogen-bond donors (Lipinski definition) is 1. The van der Waals surface area contributed by atoms with Crippen LogP contribution in [-0.2, 0) is 28.3 Å². The number of likely N-dealkylation sites (N-methyl/N-ethyl adjacent to an activating group) is 1. The molecule has 4 aliphatic rings. The molecule has 10 nitrogen and oxygen atoms in total. The quantitative estimate of drug-likeness (QED) is 0.408. The van der Waals surface area contributed by atoms with Crippen molar-refractivity contribution < 1.29 is 24.1 Å². The first-order chi connectivity index (χ1) is 17.9. The molecule has 1 aromatic carbocycles. The van der Waals surface area contributed by atoms with Crippen LogP contribution in [0.3, 0.4) is 0 Å². The van der Waals surface area contributed by atoms with Gasteiger partial charge in [0, 0.05) is 37.3 Å². The molecule has 1 saturated heterocycles. The van der Waals surface area contributed by atoms with E-state index in [1.165, 1.54) is 0 Å². The number of benzene rings is 1. The number of aliphatic hydroxyl groups is 1. The summed E-state index contributed by atoms with van der Waals surface area (Å²) in [4.78, 5) is 35.9. The van der Waals surface area contributed by atoms with Crippen molar-refractivity contribution in [1.29, 1.82) is 0 Å². The van der Waals surface area contributed by atoms with Gasteiger partial charge < -0.3 is 33.7 Å². The van der Waals surface area contributed by atoms with Gasteiger partial charge in [-0.2, -0.15) is 0 Å². The third-order valence-corrected chi connectivity index (χ3v) is 8.15. The lowest BCUT2D eigenvalue weighted by Gasteiger charge is -2.36. The number of carbonyl (C=O) groups excluding carboxylic acids is 1. The maximum absolute atomic E-state index is 13.7. The third kappa shape index (κ3) is 3.09. The van der Waals surface area contributed by atoms with Crippen LogP contribution < -0.4 is 19.9 Å². The van der Waals surface area contributed by atoms with Crippen molar-refractivity contribution in [2.24, 2.45) is 0 Å². The number of rotatable bonds is 2. The predicted molar refractivity (Wildman–Crippen MR) is 135 cm³/mol. The average molecular weight is 505 g/mol. The summed E-state index contributed by atoms with van der Waals surface area (Å²) < 4.78 is 18.9. The Labute approximate surface area is 213 Å². The minimum absolute atomic E-state index is 0.107. The summed E-state index contributed by atoms with van der Waals surface area (Å²) in [5, 5.41) is 12.1. The van der Waals surface area contributed by atoms with Gasteiger partial charge in [0.15, 0.2) is 17.1 Å². The number of esters is 1. The van der Waals surface area contributed by atoms with E-state index in [-0.39, 0.29) is 18.6 Å². The Morgan fingerprint density at radius 3 is 2.62 bits per heavy atom. The van der Waals surface area contributed by atoms with E-state index >= 15 is 0 Å². The van der Waals surface area contributed by atoms with Crippen molar-refractivity contribution in [2.75, 3.05) is 51.3 Å². The van der Waals surface area contributed by atoms with Crippen LogP contribution in [0.15, 0.2) is 23.0 Å². The van der Waals surface area contributed by atoms with Crippen LogP contribution in [-0.4, -0.2) is 72.0 Å². The van der Waals surface area contributed by atoms with Crippen molar-refractivity contribution >= 4 is 22.6 Å². The standard InChI is InChI=1S/C27H28N4O6/c1-3-27(34)17-12-19-22-15(13-31(19)25(32)16(17)14-37-26(27)33)23(30-8-6-29(2)7-9-30)21-18(28-22)4-5-20-24(21)36-11-10-35-20/h4-5,12,34H,3,6-11,13-14H2,1-2H3/t27-/m0/s1. The molecule has 0 radical (unpaired) electrons. The van der Waals surface area contributed by atoms with E-state index in [1.807, 2.05) is 12.1 Å². The van der Waals surface area contributed by atoms with Crippen molar-refractivity contribution in [3.05, 3.63) is 45.2 Å². The number of carbonyl (C=O) groups is 1. The molecule has 0 saturated carbocycles. The van der Waals surface area contributed by atoms with Crippen molar-refractivity contribution in [1.82, 2.24) is 14.5 Å². The lowest BCUT2D eigenvalue weighted by atomic mass is 9.86. The highest BCUT2D eigenvalue weighted by Gasteiger charge is 2.45. The van der Waals surface area contributed by atoms with E-state index in [2.05, 4.69) is 16.8 Å². The topological polar surface area (TPSA) is 106 Å². The average Bonchev–Trinajstić information content (AvgIpc) is 3.29. The minimum Gasteiger partial charge on any atom is -0.486 e. The first-order valence-corrected chi connectivity index (χ1v) is 12.8. The zero-order valence-corrected chi connectivity index (χ0v) is 20.9. The summed E-state index contributed by atoms with van der Waals surface area (Å²) >= 11 is 0. The normalized spacial score (nSPS) is 22.5. The molecule has 37 heavy (non-hydrogen) atoms. The molecule has 0 bridgehead atoms. The molecule has 192 valence electrons. The van der Waals surface area contributed by atoms with Crippen LogP contribution >= 0.6 is 0 Å². The molecule has 0 unspecified atom stereocenters. The van der Waals surface area contributed by atoms with Gasteiger partial charge in [-0.05, 0) is 31.7 Å². The highest BCUT2D eigenvalue weighted by Crippen LogP contribution is 2.48. The zero-order chi connectivity index (χ0) is 25.5. The third-order valence-electron chi connectivity index (χ3n) is 8.15. The van der Waals surface area contributed by atoms with E-state index in [1.54, 1.807) is 17.6 Å². The van der Waals surface area contributed by atoms with Crippen LogP contribution in [0.5, 0.6) is 11.5 Å². The van der Waals surface area contributed by atoms with Crippen molar-refractivity contribution in [3.8, 4) is 22.9 Å². The van der Waals surface area contributed by atoms with Gasteiger partial charge in [0.05, 0.1) is 40.1 Å². The first-order valence-electron chi connectivity index (χ1n) is 12.8. The molecule has 10 heteroatoms. The summed E-state index contributed by atoms with van der Waals surface area (Å²) in [6, 6.07) is 5.57. The molecule has 1 N–H and O–H groups in total. The molecule has 1 atom stereocenters. The molecular formula is C27H28N4O6. The van der Waals surface area contributed by atoms with Gasteiger partial charge in [-0.3, -0.25) is 4.79 Å². The van der Waals surface area contributed by atoms with Crippen molar-refractivity contribution in [3.63, 3.8) is 0 Å². The second-order valence-electron chi connectivity index (χ2n) is 10.2. The highest BCUT2D eigenvalue weighted by atomic mass is 16.6. The second kappa shape index (κ2) is 7.93. The van der Waals surface area contributed by atoms with Crippen LogP contribution in [0.25, 0.3) is 22.3 Å². The molecule has 1 fully saturated rings. The number of pyridine rings is 2. The number of piperazine rings is 1. The first kappa shape index (κ1) is 22.6. The maximum Gasteiger partial charge on any atom is 0.343 e. The second-order valence-corrected chi connectivity index (χ2v) is 10.2. The fraction of sp³-hybridized carbons (Fsp3) is 0.444. The summed E-state index contributed by atoms with van der Waals surface area (Å²) in [5.74, 6) is 0.663. The van der Waals surface area contributed by atoms with Gasteiger partial charge in [-0.1, -0.05) is 6.92 Å². The van der Waals surface area contributed by atoms with Gasteiger partial charge in [0.1, 0.15) is 19.8 Å². The Hall–Kier alpha value is -3.63. The summed E-state index contributed by atoms with van der Waals surface area (Å²) in [5.41, 5.74) is 2.51. The van der Waals surface area contributed by atoms with E-state index in [4.69, 9.17) is 19.2 Å². The summed E-state index contributed by atoms with van der Waals surface area (Å²) in [6.07, 6.45) is 0.107. The Bertz CT molecular complexity index is 1540. The van der Waals surface area contributed by atoms with Gasteiger partial charge >= 0.3 is 5.97 Å². The number of anilines is 1. The summed E-state index contributed by atoms with van der Waals surface area (Å²) in [6.45, 7) is 6.33. The smallest absolute Gasteiger partial charge is 0.343 e. The Morgan fingerprint density at radius 2 is 1.84 bits per heavy atom. The van der Waals surface area contributed by atoms with Gasteiger partial charge in [-0.15, -0.1) is 0 Å². The molecule has 0 aliphatic carbocycles. The van der Waals surface area contributed by atoms with Crippen LogP contribution in [0, 0.1) is 0 Å². The molecule has 2 aromatic heterocycles. The molecule has 7 rings (SSSR count). The van der Waals surface area contributed by atoms with E-state index in [9.17, 15) is 14.7 Å². The van der Waals surface area contributed by atoms with Crippen LogP contribution in [0.4, 0.5) is 5.69 Å². The minimum atomic E-state index is -1.85. The number of cyclic esters (lactones) is 1. The Kier molecular flexibility index (Phi) is 4.84. The lowest BCUT2D eigenvalue weighted by molar-refractivity contribution is -0.172. The van der Waals surface area contributed by atoms with Crippen LogP contribution in [0.2, 0.25) is 0 Å². The Balaban J connectivity index is 1.51. The Morgan fingerprint density at radius 1 is 1.05 bits per heavy atom. The van der Waals surface area contributed by atoms with Crippen molar-refractivity contribution in [2.45, 2.75) is 32.1 Å². The van der Waals surface area contributed by atoms with Gasteiger partial charge in [-0.25, -0.2) is 9.78 Å². The van der Waals surface area contributed by atoms with E-state index < -0.39 is 11.6 Å². The molecule has 6 heterocycles. The number of hydrogen-bond acceptors (Lipinski definition) is 9. The number of aromatic nitrogens is 2. The summed E-state index contributed by atoms with van der Waals surface area (Å²) in [7, 11) is 2.11. The number of ether oxygens (including phenoxy) is 3. The zero-order valence-electron chi connectivity index (χ0n) is 20.9. The largest absolute Gasteiger partial charge is 0.486 e. The monoisotopic (exact) mass is 504 g/mol.